The molecule has 10 rings (SSSR count). The van der Waals surface area contributed by atoms with Gasteiger partial charge < -0.3 is 8.85 Å². The summed E-state index contributed by atoms with van der Waals surface area (Å²) >= 11 is 0. The lowest BCUT2D eigenvalue weighted by molar-refractivity contribution is 0.162. The first-order valence-electron chi connectivity index (χ1n) is 15.7. The maximum absolute atomic E-state index is 7.05. The topological polar surface area (TPSA) is 102 Å². The third kappa shape index (κ3) is 3.50. The van der Waals surface area contributed by atoms with Crippen LogP contribution < -0.4 is 11.0 Å². The number of aliphatic imine (C=N–C) groups is 4. The lowest BCUT2D eigenvalue weighted by Gasteiger charge is -2.32. The van der Waals surface area contributed by atoms with Crippen LogP contribution in [0.15, 0.2) is 127 Å². The Balaban J connectivity index is 1.54. The first-order chi connectivity index (χ1) is 23.2. The molecule has 4 aliphatic heterocycles. The molecule has 6 heterocycles. The van der Waals surface area contributed by atoms with E-state index in [0.29, 0.717) is 59.2 Å². The maximum atomic E-state index is 7.05. The van der Waals surface area contributed by atoms with Gasteiger partial charge >= 0.3 is 8.88 Å². The molecule has 0 fully saturated rings. The highest BCUT2D eigenvalue weighted by Gasteiger charge is 2.52. The molecule has 0 saturated carbocycles. The molecule has 6 aromatic rings. The van der Waals surface area contributed by atoms with Gasteiger partial charge in [-0.15, -0.1) is 0 Å². The summed E-state index contributed by atoms with van der Waals surface area (Å²) < 4.78 is 18.3. The number of aromatic nitrogens is 2. The fourth-order valence-electron chi connectivity index (χ4n) is 7.11. The second-order valence-corrected chi connectivity index (χ2v) is 14.1. The average Bonchev–Trinajstić information content (AvgIpc) is 3.81. The molecule has 0 radical (unpaired) electrons. The van der Waals surface area contributed by atoms with Crippen LogP contribution >= 0.6 is 0 Å². The quantitative estimate of drug-likeness (QED) is 0.242. The lowest BCUT2D eigenvalue weighted by Crippen LogP contribution is -2.63. The molecule has 10 nitrogen and oxygen atoms in total. The average molecular weight is 631 g/mol. The molecule has 2 aromatic heterocycles. The minimum Gasteiger partial charge on any atom is -0.361 e. The SMILES string of the molecule is CCO[Si]1(OCC)n2c3c4ccccc4c2/N=C2N=C(/N=c4/c5ccccc5/c(n41)=N/C1=NC(=N\3)/c3ccccc31)c1ccccc1\2. The molecule has 0 N–H and O–H groups in total. The van der Waals surface area contributed by atoms with Gasteiger partial charge in [-0.1, -0.05) is 97.1 Å². The molecule has 6 bridgehead atoms. The van der Waals surface area contributed by atoms with Gasteiger partial charge in [0.25, 0.3) is 0 Å². The van der Waals surface area contributed by atoms with Crippen LogP contribution in [-0.4, -0.2) is 53.9 Å². The molecule has 11 heteroatoms. The second-order valence-electron chi connectivity index (χ2n) is 11.5. The number of rotatable bonds is 4. The van der Waals surface area contributed by atoms with Gasteiger partial charge in [0.2, 0.25) is 0 Å². The van der Waals surface area contributed by atoms with Gasteiger partial charge in [-0.2, -0.15) is 0 Å². The van der Waals surface area contributed by atoms with Crippen LogP contribution in [0.4, 0.5) is 11.6 Å². The molecule has 226 valence electrons. The summed E-state index contributed by atoms with van der Waals surface area (Å²) in [6.45, 7) is 4.71. The van der Waals surface area contributed by atoms with E-state index in [0.717, 1.165) is 43.8 Å². The summed E-state index contributed by atoms with van der Waals surface area (Å²) in [5.41, 5.74) is 4.94. The van der Waals surface area contributed by atoms with E-state index in [2.05, 4.69) is 32.7 Å². The van der Waals surface area contributed by atoms with Crippen molar-refractivity contribution >= 4 is 65.4 Å². The Kier molecular flexibility index (Phi) is 5.48. The second kappa shape index (κ2) is 9.69. The maximum Gasteiger partial charge on any atom is 0.603 e. The van der Waals surface area contributed by atoms with E-state index in [4.69, 9.17) is 38.8 Å². The van der Waals surface area contributed by atoms with Crippen molar-refractivity contribution in [2.24, 2.45) is 30.0 Å². The van der Waals surface area contributed by atoms with E-state index >= 15 is 0 Å². The van der Waals surface area contributed by atoms with Gasteiger partial charge in [-0.3, -0.25) is 8.47 Å². The third-order valence-corrected chi connectivity index (χ3v) is 12.3. The largest absolute Gasteiger partial charge is 0.603 e. The van der Waals surface area contributed by atoms with Crippen molar-refractivity contribution in [1.29, 1.82) is 0 Å². The number of hydrogen-bond acceptors (Lipinski definition) is 8. The number of fused-ring (bicyclic) bond motifs is 14. The van der Waals surface area contributed by atoms with Crippen LogP contribution in [-0.2, 0) is 8.85 Å². The first-order valence-corrected chi connectivity index (χ1v) is 17.4. The summed E-state index contributed by atoms with van der Waals surface area (Å²) in [6.07, 6.45) is 0. The first kappa shape index (κ1) is 26.6. The summed E-state index contributed by atoms with van der Waals surface area (Å²) in [6, 6.07) is 32.6. The Hall–Kier alpha value is -5.62. The zero-order valence-corrected chi connectivity index (χ0v) is 26.5. The molecule has 0 aliphatic carbocycles. The monoisotopic (exact) mass is 630 g/mol. The molecular formula is C36H26N8O2Si. The Morgan fingerprint density at radius 3 is 1.21 bits per heavy atom. The molecule has 0 unspecified atom stereocenters. The highest BCUT2D eigenvalue weighted by atomic mass is 28.4. The van der Waals surface area contributed by atoms with Gasteiger partial charge in [0.1, 0.15) is 22.6 Å². The van der Waals surface area contributed by atoms with Crippen molar-refractivity contribution in [2.75, 3.05) is 13.2 Å². The van der Waals surface area contributed by atoms with Crippen molar-refractivity contribution in [3.63, 3.8) is 0 Å². The molecule has 0 saturated heterocycles. The number of nitrogens with zero attached hydrogens (tertiary/aromatic N) is 8. The predicted molar refractivity (Wildman–Crippen MR) is 184 cm³/mol. The fraction of sp³-hybridized carbons (Fsp3) is 0.111. The van der Waals surface area contributed by atoms with Gasteiger partial charge in [0.05, 0.1) is 0 Å². The highest BCUT2D eigenvalue weighted by Crippen LogP contribution is 2.43. The van der Waals surface area contributed by atoms with Crippen molar-refractivity contribution in [2.45, 2.75) is 13.8 Å². The fourth-order valence-corrected chi connectivity index (χ4v) is 10.4. The summed E-state index contributed by atoms with van der Waals surface area (Å²) in [5, 5.41) is 3.61. The molecule has 47 heavy (non-hydrogen) atoms. The molecular weight excluding hydrogens is 605 g/mol. The van der Waals surface area contributed by atoms with Crippen LogP contribution in [0.1, 0.15) is 36.1 Å². The summed E-state index contributed by atoms with van der Waals surface area (Å²) in [7, 11) is -3.89. The van der Waals surface area contributed by atoms with Crippen LogP contribution in [0.5, 0.6) is 0 Å². The van der Waals surface area contributed by atoms with E-state index < -0.39 is 8.88 Å². The summed E-state index contributed by atoms with van der Waals surface area (Å²) in [4.78, 5) is 31.6. The van der Waals surface area contributed by atoms with Crippen molar-refractivity contribution in [1.82, 2.24) is 8.47 Å². The van der Waals surface area contributed by atoms with Crippen LogP contribution in [0.2, 0.25) is 0 Å². The zero-order chi connectivity index (χ0) is 31.3. The van der Waals surface area contributed by atoms with Gasteiger partial charge in [0, 0.05) is 57.0 Å². The van der Waals surface area contributed by atoms with Gasteiger partial charge in [-0.05, 0) is 13.8 Å². The van der Waals surface area contributed by atoms with Crippen LogP contribution in [0.25, 0.3) is 21.5 Å². The van der Waals surface area contributed by atoms with E-state index in [1.807, 2.05) is 86.6 Å². The normalized spacial score (nSPS) is 20.0. The Bertz CT molecular complexity index is 2460. The van der Waals surface area contributed by atoms with E-state index in [-0.39, 0.29) is 0 Å². The van der Waals surface area contributed by atoms with E-state index in [1.54, 1.807) is 0 Å². The molecule has 4 aromatic carbocycles. The smallest absolute Gasteiger partial charge is 0.361 e. The minimum atomic E-state index is -3.89. The molecule has 0 amide bonds. The Morgan fingerprint density at radius 1 is 0.447 bits per heavy atom. The zero-order valence-electron chi connectivity index (χ0n) is 25.5. The molecule has 0 atom stereocenters. The molecule has 0 spiro atoms. The van der Waals surface area contributed by atoms with Crippen molar-refractivity contribution in [3.05, 3.63) is 130 Å². The van der Waals surface area contributed by atoms with Crippen LogP contribution in [0, 0.1) is 0 Å². The van der Waals surface area contributed by atoms with Crippen molar-refractivity contribution in [3.8, 4) is 0 Å². The highest BCUT2D eigenvalue weighted by molar-refractivity contribution is 6.66. The van der Waals surface area contributed by atoms with E-state index in [9.17, 15) is 0 Å². The Morgan fingerprint density at radius 2 is 0.809 bits per heavy atom. The number of amidine groups is 4. The van der Waals surface area contributed by atoms with Gasteiger partial charge in [0.15, 0.2) is 23.3 Å². The minimum absolute atomic E-state index is 0.364. The van der Waals surface area contributed by atoms with Crippen molar-refractivity contribution < 1.29 is 8.85 Å². The number of hydrogen-bond donors (Lipinski definition) is 0. The van der Waals surface area contributed by atoms with Crippen LogP contribution in [0.3, 0.4) is 0 Å². The number of benzene rings is 4. The third-order valence-electron chi connectivity index (χ3n) is 8.98. The standard InChI is InChI=1S/C36H26N8O2Si/c1-3-45-47(46-4-2)43-33-25-17-9-10-18-26(25)35(43)41-31-23-15-7-8-16-24(23)32(38-31)42-36-28-20-12-11-19-27(28)34(44(36)47)40-30-22-14-6-5-13-21(22)29(37-30)39-33/h5-20H,3-4H2,1-2H3/b39-29-,39-33?,40-30?,40-34-,41-31-,41-35?,42-32?,42-36-. The Labute approximate surface area is 269 Å². The summed E-state index contributed by atoms with van der Waals surface area (Å²) in [5.74, 6) is 3.60. The predicted octanol–water partition coefficient (Wildman–Crippen LogP) is 5.44. The van der Waals surface area contributed by atoms with E-state index in [1.165, 1.54) is 0 Å². The van der Waals surface area contributed by atoms with Gasteiger partial charge in [-0.25, -0.2) is 30.0 Å². The lowest BCUT2D eigenvalue weighted by atomic mass is 10.1. The molecule has 4 aliphatic rings.